The van der Waals surface area contributed by atoms with Gasteiger partial charge in [-0.1, -0.05) is 4.98 Å². The normalized spacial score (nSPS) is 27.5. The van der Waals surface area contributed by atoms with Crippen molar-refractivity contribution in [3.05, 3.63) is 16.7 Å². The molecule has 2 radical (unpaired) electrons. The summed E-state index contributed by atoms with van der Waals surface area (Å²) in [4.78, 5) is 45.4. The first-order valence-corrected chi connectivity index (χ1v) is 14.1. The standard InChI is InChI=1S/C12H19BN5O12P3/c1-17-3-18(9-6(17)10(21)16-12(14)15-9)11-8(20)7(19)5(29-11)2-28-33(13,27)30-32(25,26)4-31(22,23)24/h3,5,7-8,11,19-20H,2,4H2,1H3,(H5-,14,15,16,21,22,23,24,25,26)/p+1/t5-,7-,8-,11-,33+/m1/s1. The molecular weight excluding hydrogens is 510 g/mol. The number of aliphatic hydroxyl groups excluding tert-OH is 2. The zero-order valence-electron chi connectivity index (χ0n) is 16.7. The van der Waals surface area contributed by atoms with Gasteiger partial charge < -0.3 is 39.9 Å². The van der Waals surface area contributed by atoms with Gasteiger partial charge in [-0.05, 0) is 0 Å². The third kappa shape index (κ3) is 5.99. The highest BCUT2D eigenvalue weighted by Gasteiger charge is 2.48. The number of nitrogens with one attached hydrogen (secondary N) is 1. The molecule has 2 aromatic rings. The molecule has 182 valence electrons. The maximum atomic E-state index is 12.1. The molecule has 0 bridgehead atoms. The van der Waals surface area contributed by atoms with Crippen LogP contribution in [0.4, 0.5) is 5.95 Å². The quantitative estimate of drug-likeness (QED) is 0.105. The monoisotopic (exact) mass is 530 g/mol. The highest BCUT2D eigenvalue weighted by atomic mass is 31.3. The van der Waals surface area contributed by atoms with Crippen LogP contribution in [0.25, 0.3) is 11.2 Å². The topological polar surface area (TPSA) is 261 Å². The van der Waals surface area contributed by atoms with Crippen molar-refractivity contribution in [2.75, 3.05) is 18.2 Å². The summed E-state index contributed by atoms with van der Waals surface area (Å²) >= 11 is 0. The minimum absolute atomic E-state index is 0.0167. The third-order valence-corrected chi connectivity index (χ3v) is 9.77. The molecule has 0 saturated carbocycles. The number of hydrogen-bond donors (Lipinski definition) is 7. The van der Waals surface area contributed by atoms with Gasteiger partial charge in [0.15, 0.2) is 12.2 Å². The number of aliphatic hydroxyl groups is 2. The maximum Gasteiger partial charge on any atom is 0.346 e. The Hall–Kier alpha value is -1.42. The van der Waals surface area contributed by atoms with E-state index in [1.165, 1.54) is 22.5 Å². The number of aromatic amines is 1. The van der Waals surface area contributed by atoms with E-state index in [2.05, 4.69) is 14.3 Å². The molecule has 1 aliphatic rings. The first kappa shape index (κ1) is 26.2. The lowest BCUT2D eigenvalue weighted by molar-refractivity contribution is -0.745. The lowest BCUT2D eigenvalue weighted by Gasteiger charge is -2.21. The summed E-state index contributed by atoms with van der Waals surface area (Å²) in [5.41, 5.74) is 5.09. The van der Waals surface area contributed by atoms with Crippen LogP contribution in [0, 0.1) is 0 Å². The molecule has 17 nitrogen and oxygen atoms in total. The Kier molecular flexibility index (Phi) is 7.13. The van der Waals surface area contributed by atoms with E-state index >= 15 is 0 Å². The molecule has 0 aliphatic carbocycles. The average molecular weight is 530 g/mol. The van der Waals surface area contributed by atoms with Crippen molar-refractivity contribution in [3.63, 3.8) is 0 Å². The first-order chi connectivity index (χ1) is 15.0. The van der Waals surface area contributed by atoms with Crippen LogP contribution in [-0.4, -0.2) is 77.8 Å². The van der Waals surface area contributed by atoms with Crippen LogP contribution in [0.15, 0.2) is 11.1 Å². The van der Waals surface area contributed by atoms with Gasteiger partial charge in [-0.15, -0.1) is 0 Å². The summed E-state index contributed by atoms with van der Waals surface area (Å²) in [6.07, 6.45) is -4.62. The van der Waals surface area contributed by atoms with Crippen molar-refractivity contribution in [1.29, 1.82) is 0 Å². The number of nitrogen functional groups attached to an aromatic ring is 1. The molecule has 6 atom stereocenters. The maximum absolute atomic E-state index is 12.1. The second-order valence-electron chi connectivity index (χ2n) is 7.16. The van der Waals surface area contributed by atoms with Gasteiger partial charge in [-0.2, -0.15) is 0 Å². The molecule has 1 unspecified atom stereocenters. The number of fused-ring (bicyclic) bond motifs is 1. The van der Waals surface area contributed by atoms with Gasteiger partial charge >= 0.3 is 20.8 Å². The molecule has 21 heteroatoms. The number of nitrogens with two attached hydrogens (primary N) is 1. The minimum atomic E-state index is -5.11. The summed E-state index contributed by atoms with van der Waals surface area (Å²) in [5, 5.41) is 20.7. The summed E-state index contributed by atoms with van der Waals surface area (Å²) < 4.78 is 51.7. The largest absolute Gasteiger partial charge is 0.387 e. The molecule has 8 N–H and O–H groups in total. The highest BCUT2D eigenvalue weighted by Crippen LogP contribution is 2.64. The predicted molar refractivity (Wildman–Crippen MR) is 109 cm³/mol. The molecule has 1 aliphatic heterocycles. The second-order valence-corrected chi connectivity index (χ2v) is 12.9. The van der Waals surface area contributed by atoms with Crippen LogP contribution in [-0.2, 0) is 34.3 Å². The molecule has 33 heavy (non-hydrogen) atoms. The Morgan fingerprint density at radius 1 is 1.30 bits per heavy atom. The molecule has 0 amide bonds. The van der Waals surface area contributed by atoms with Gasteiger partial charge in [-0.25, -0.2) is 8.88 Å². The Balaban J connectivity index is 1.76. The van der Waals surface area contributed by atoms with Crippen LogP contribution in [0.2, 0.25) is 0 Å². The number of aryl methyl sites for hydroxylation is 1. The van der Waals surface area contributed by atoms with Crippen molar-refractivity contribution in [2.45, 2.75) is 24.5 Å². The smallest absolute Gasteiger partial charge is 0.346 e. The van der Waals surface area contributed by atoms with E-state index in [1.54, 1.807) is 0 Å². The zero-order valence-corrected chi connectivity index (χ0v) is 19.4. The average Bonchev–Trinajstić information content (AvgIpc) is 3.07. The van der Waals surface area contributed by atoms with Crippen molar-refractivity contribution < 1.29 is 56.7 Å². The number of rotatable bonds is 8. The number of nitrogens with zero attached hydrogens (tertiary/aromatic N) is 3. The molecule has 3 rings (SSSR count). The molecule has 0 spiro atoms. The SMILES string of the molecule is [B][P@](=O)(OC[C@H]1O[C@@H]([n+]2cn(C)c3c(=O)[nH]c(N)nc32)[C@H](O)[C@@H]1O)OP(=O)(O)CP(=O)(O)O. The van der Waals surface area contributed by atoms with Gasteiger partial charge in [0.05, 0.1) is 13.7 Å². The van der Waals surface area contributed by atoms with E-state index in [0.717, 1.165) is 0 Å². The fourth-order valence-electron chi connectivity index (χ4n) is 3.19. The summed E-state index contributed by atoms with van der Waals surface area (Å²) in [6, 6.07) is 0. The van der Waals surface area contributed by atoms with E-state index in [1.807, 2.05) is 0 Å². The van der Waals surface area contributed by atoms with Gasteiger partial charge in [0, 0.05) is 0 Å². The number of ether oxygens (including phenoxy) is 1. The predicted octanol–water partition coefficient (Wildman–Crippen LogP) is -2.62. The molecule has 3 heterocycles. The lowest BCUT2D eigenvalue weighted by atomic mass is 10.1. The Morgan fingerprint density at radius 3 is 2.55 bits per heavy atom. The van der Waals surface area contributed by atoms with E-state index in [-0.39, 0.29) is 17.1 Å². The van der Waals surface area contributed by atoms with Crippen LogP contribution < -0.4 is 15.9 Å². The van der Waals surface area contributed by atoms with E-state index in [0.29, 0.717) is 0 Å². The van der Waals surface area contributed by atoms with Crippen molar-refractivity contribution in [3.8, 4) is 0 Å². The Bertz CT molecular complexity index is 1260. The molecule has 1 fully saturated rings. The third-order valence-electron chi connectivity index (χ3n) is 4.42. The molecule has 0 aromatic carbocycles. The first-order valence-electron chi connectivity index (χ1n) is 8.88. The van der Waals surface area contributed by atoms with Crippen molar-refractivity contribution >= 4 is 47.3 Å². The van der Waals surface area contributed by atoms with Crippen LogP contribution >= 0.6 is 22.7 Å². The highest BCUT2D eigenvalue weighted by molar-refractivity contribution is 7.85. The number of H-pyrrole nitrogens is 1. The second kappa shape index (κ2) is 8.98. The van der Waals surface area contributed by atoms with Crippen LogP contribution in [0.5, 0.6) is 0 Å². The van der Waals surface area contributed by atoms with E-state index in [9.17, 15) is 33.6 Å². The minimum Gasteiger partial charge on any atom is -0.387 e. The van der Waals surface area contributed by atoms with Crippen molar-refractivity contribution in [1.82, 2.24) is 14.5 Å². The number of anilines is 1. The van der Waals surface area contributed by atoms with Gasteiger partial charge in [0.25, 0.3) is 19.0 Å². The van der Waals surface area contributed by atoms with Gasteiger partial charge in [0.1, 0.15) is 18.3 Å². The number of imidazole rings is 1. The molecule has 1 saturated heterocycles. The summed E-state index contributed by atoms with van der Waals surface area (Å²) in [7, 11) is -8.27. The fourth-order valence-corrected chi connectivity index (χ4v) is 7.69. The van der Waals surface area contributed by atoms with Crippen LogP contribution in [0.3, 0.4) is 0 Å². The zero-order chi connectivity index (χ0) is 24.9. The van der Waals surface area contributed by atoms with Gasteiger partial charge in [-0.3, -0.25) is 28.0 Å². The van der Waals surface area contributed by atoms with E-state index < -0.39 is 65.3 Å². The number of aromatic nitrogens is 4. The van der Waals surface area contributed by atoms with Gasteiger partial charge in [0.2, 0.25) is 19.3 Å². The lowest BCUT2D eigenvalue weighted by Crippen LogP contribution is -2.46. The van der Waals surface area contributed by atoms with Crippen LogP contribution in [0.1, 0.15) is 6.23 Å². The van der Waals surface area contributed by atoms with E-state index in [4.69, 9.17) is 32.3 Å². The summed E-state index contributed by atoms with van der Waals surface area (Å²) in [6.45, 7) is -0.820. The van der Waals surface area contributed by atoms with Crippen molar-refractivity contribution in [2.24, 2.45) is 7.05 Å². The fraction of sp³-hybridized carbons (Fsp3) is 0.583. The molecular formula is C12H20BN5O12P3+. The Morgan fingerprint density at radius 2 is 1.94 bits per heavy atom. The number of hydrogen-bond acceptors (Lipinski definition) is 11. The Labute approximate surface area is 185 Å². The molecule has 2 aromatic heterocycles. The summed E-state index contributed by atoms with van der Waals surface area (Å²) in [5.74, 6) is -1.87.